The van der Waals surface area contributed by atoms with Gasteiger partial charge in [-0.25, -0.2) is 0 Å². The number of carbonyl (C=O) groups excluding carboxylic acids is 1. The summed E-state index contributed by atoms with van der Waals surface area (Å²) in [4.78, 5) is 12.1. The molecule has 0 saturated heterocycles. The summed E-state index contributed by atoms with van der Waals surface area (Å²) in [6.07, 6.45) is 1.70. The van der Waals surface area contributed by atoms with Crippen LogP contribution in [-0.4, -0.2) is 28.7 Å². The average Bonchev–Trinajstić information content (AvgIpc) is 2.93. The molecule has 0 aliphatic carbocycles. The molecule has 1 amide bonds. The van der Waals surface area contributed by atoms with Crippen molar-refractivity contribution in [3.63, 3.8) is 0 Å². The van der Waals surface area contributed by atoms with Crippen molar-refractivity contribution < 1.29 is 4.79 Å². The number of hydrogen-bond donors (Lipinski definition) is 3. The van der Waals surface area contributed by atoms with E-state index in [0.717, 1.165) is 16.9 Å². The summed E-state index contributed by atoms with van der Waals surface area (Å²) in [6, 6.07) is 9.53. The Balaban J connectivity index is 2.19. The van der Waals surface area contributed by atoms with Crippen LogP contribution in [0.4, 0.5) is 5.69 Å². The van der Waals surface area contributed by atoms with E-state index in [1.165, 1.54) is 0 Å². The largest absolute Gasteiger partial charge is 0.324 e. The Morgan fingerprint density at radius 2 is 2.11 bits per heavy atom. The number of rotatable bonds is 4. The third kappa shape index (κ3) is 3.00. The molecule has 0 aliphatic heterocycles. The Morgan fingerprint density at radius 3 is 2.74 bits per heavy atom. The van der Waals surface area contributed by atoms with Crippen LogP contribution >= 0.6 is 0 Å². The average molecular weight is 258 g/mol. The summed E-state index contributed by atoms with van der Waals surface area (Å²) in [5.41, 5.74) is 2.06. The second-order valence-electron chi connectivity index (χ2n) is 4.88. The van der Waals surface area contributed by atoms with E-state index >= 15 is 0 Å². The van der Waals surface area contributed by atoms with Gasteiger partial charge in [0.05, 0.1) is 11.2 Å². The lowest BCUT2D eigenvalue weighted by molar-refractivity contribution is -0.121. The van der Waals surface area contributed by atoms with Gasteiger partial charge < -0.3 is 10.6 Å². The molecule has 1 heterocycles. The highest BCUT2D eigenvalue weighted by atomic mass is 16.2. The van der Waals surface area contributed by atoms with E-state index in [4.69, 9.17) is 0 Å². The van der Waals surface area contributed by atoms with E-state index in [9.17, 15) is 4.79 Å². The third-order valence-electron chi connectivity index (χ3n) is 3.12. The van der Waals surface area contributed by atoms with Crippen LogP contribution in [0.2, 0.25) is 0 Å². The molecule has 1 aromatic carbocycles. The van der Waals surface area contributed by atoms with Crippen molar-refractivity contribution in [3.8, 4) is 11.3 Å². The van der Waals surface area contributed by atoms with Gasteiger partial charge in [-0.15, -0.1) is 0 Å². The van der Waals surface area contributed by atoms with Crippen molar-refractivity contribution in [2.24, 2.45) is 0 Å². The van der Waals surface area contributed by atoms with Crippen LogP contribution in [0.5, 0.6) is 0 Å². The Bertz CT molecular complexity index is 561. The molecule has 0 bridgehead atoms. The van der Waals surface area contributed by atoms with Crippen molar-refractivity contribution in [1.29, 1.82) is 0 Å². The fourth-order valence-electron chi connectivity index (χ4n) is 1.58. The molecule has 0 unspecified atom stereocenters. The molecule has 5 heteroatoms. The molecular formula is C14H18N4O. The standard InChI is InChI=1S/C14H18N4O/c1-14(2,15-3)13(19)17-11-6-4-5-10(9-11)12-7-8-16-18-12/h4-9,15H,1-3H3,(H,16,18)(H,17,19). The second-order valence-corrected chi connectivity index (χ2v) is 4.88. The quantitative estimate of drug-likeness (QED) is 0.785. The zero-order valence-electron chi connectivity index (χ0n) is 11.3. The second kappa shape index (κ2) is 5.24. The van der Waals surface area contributed by atoms with Crippen LogP contribution < -0.4 is 10.6 Å². The highest BCUT2D eigenvalue weighted by molar-refractivity contribution is 5.97. The number of anilines is 1. The Morgan fingerprint density at radius 1 is 1.32 bits per heavy atom. The number of benzene rings is 1. The summed E-state index contributed by atoms with van der Waals surface area (Å²) >= 11 is 0. The zero-order chi connectivity index (χ0) is 13.9. The van der Waals surface area contributed by atoms with E-state index < -0.39 is 5.54 Å². The van der Waals surface area contributed by atoms with Crippen LogP contribution in [0.25, 0.3) is 11.3 Å². The van der Waals surface area contributed by atoms with Gasteiger partial charge in [0.25, 0.3) is 0 Å². The normalized spacial score (nSPS) is 11.3. The molecule has 0 radical (unpaired) electrons. The maximum atomic E-state index is 12.1. The topological polar surface area (TPSA) is 69.8 Å². The summed E-state index contributed by atoms with van der Waals surface area (Å²) < 4.78 is 0. The number of amides is 1. The summed E-state index contributed by atoms with van der Waals surface area (Å²) in [6.45, 7) is 3.67. The molecular weight excluding hydrogens is 240 g/mol. The maximum Gasteiger partial charge on any atom is 0.244 e. The fourth-order valence-corrected chi connectivity index (χ4v) is 1.58. The smallest absolute Gasteiger partial charge is 0.244 e. The molecule has 19 heavy (non-hydrogen) atoms. The van der Waals surface area contributed by atoms with Crippen LogP contribution in [0, 0.1) is 0 Å². The minimum Gasteiger partial charge on any atom is -0.324 e. The van der Waals surface area contributed by atoms with Gasteiger partial charge in [-0.2, -0.15) is 5.10 Å². The van der Waals surface area contributed by atoms with E-state index in [-0.39, 0.29) is 5.91 Å². The molecule has 0 saturated carbocycles. The Hall–Kier alpha value is -2.14. The molecule has 100 valence electrons. The van der Waals surface area contributed by atoms with Crippen molar-refractivity contribution >= 4 is 11.6 Å². The lowest BCUT2D eigenvalue weighted by Crippen LogP contribution is -2.47. The van der Waals surface area contributed by atoms with Crippen LogP contribution in [0.3, 0.4) is 0 Å². The van der Waals surface area contributed by atoms with Gasteiger partial charge in [-0.3, -0.25) is 9.89 Å². The first-order valence-electron chi connectivity index (χ1n) is 6.13. The van der Waals surface area contributed by atoms with Crippen LogP contribution in [0.1, 0.15) is 13.8 Å². The highest BCUT2D eigenvalue weighted by Gasteiger charge is 2.25. The number of nitrogens with one attached hydrogen (secondary N) is 3. The number of aromatic nitrogens is 2. The van der Waals surface area contributed by atoms with Crippen molar-refractivity contribution in [2.45, 2.75) is 19.4 Å². The summed E-state index contributed by atoms with van der Waals surface area (Å²) in [5.74, 6) is -0.0724. The minimum absolute atomic E-state index is 0.0724. The fraction of sp³-hybridized carbons (Fsp3) is 0.286. The zero-order valence-corrected chi connectivity index (χ0v) is 11.3. The highest BCUT2D eigenvalue weighted by Crippen LogP contribution is 2.20. The summed E-state index contributed by atoms with van der Waals surface area (Å²) in [7, 11) is 1.76. The molecule has 0 spiro atoms. The molecule has 2 rings (SSSR count). The van der Waals surface area contributed by atoms with Gasteiger partial charge in [-0.05, 0) is 39.1 Å². The Kier molecular flexibility index (Phi) is 3.66. The van der Waals surface area contributed by atoms with E-state index in [0.29, 0.717) is 0 Å². The molecule has 0 aliphatic rings. The van der Waals surface area contributed by atoms with Crippen LogP contribution in [-0.2, 0) is 4.79 Å². The molecule has 5 nitrogen and oxygen atoms in total. The minimum atomic E-state index is -0.607. The van der Waals surface area contributed by atoms with Crippen molar-refractivity contribution in [1.82, 2.24) is 15.5 Å². The van der Waals surface area contributed by atoms with Crippen LogP contribution in [0.15, 0.2) is 36.5 Å². The SMILES string of the molecule is CNC(C)(C)C(=O)Nc1cccc(-c2ccn[nH]2)c1. The lowest BCUT2D eigenvalue weighted by Gasteiger charge is -2.22. The maximum absolute atomic E-state index is 12.1. The molecule has 3 N–H and O–H groups in total. The van der Waals surface area contributed by atoms with E-state index in [2.05, 4.69) is 20.8 Å². The van der Waals surface area contributed by atoms with Gasteiger partial charge in [0, 0.05) is 17.4 Å². The number of nitrogens with zero attached hydrogens (tertiary/aromatic N) is 1. The predicted molar refractivity (Wildman–Crippen MR) is 75.8 cm³/mol. The molecule has 2 aromatic rings. The first-order valence-corrected chi connectivity index (χ1v) is 6.13. The molecule has 0 fully saturated rings. The predicted octanol–water partition coefficient (Wildman–Crippen LogP) is 2.01. The van der Waals surface area contributed by atoms with Crippen molar-refractivity contribution in [2.75, 3.05) is 12.4 Å². The van der Waals surface area contributed by atoms with E-state index in [1.54, 1.807) is 13.2 Å². The number of hydrogen-bond acceptors (Lipinski definition) is 3. The monoisotopic (exact) mass is 258 g/mol. The van der Waals surface area contributed by atoms with Gasteiger partial charge in [0.2, 0.25) is 5.91 Å². The Labute approximate surface area is 112 Å². The number of aromatic amines is 1. The lowest BCUT2D eigenvalue weighted by atomic mass is 10.0. The summed E-state index contributed by atoms with van der Waals surface area (Å²) in [5, 5.41) is 12.7. The third-order valence-corrected chi connectivity index (χ3v) is 3.12. The van der Waals surface area contributed by atoms with Gasteiger partial charge >= 0.3 is 0 Å². The van der Waals surface area contributed by atoms with Crippen molar-refractivity contribution in [3.05, 3.63) is 36.5 Å². The first kappa shape index (κ1) is 13.3. The number of carbonyl (C=O) groups is 1. The number of H-pyrrole nitrogens is 1. The van der Waals surface area contributed by atoms with Gasteiger partial charge in [0.15, 0.2) is 0 Å². The van der Waals surface area contributed by atoms with Gasteiger partial charge in [0.1, 0.15) is 0 Å². The molecule has 1 aromatic heterocycles. The number of likely N-dealkylation sites (N-methyl/N-ethyl adjacent to an activating group) is 1. The molecule has 0 atom stereocenters. The first-order chi connectivity index (χ1) is 9.03. The van der Waals surface area contributed by atoms with Gasteiger partial charge in [-0.1, -0.05) is 12.1 Å². The van der Waals surface area contributed by atoms with E-state index in [1.807, 2.05) is 44.2 Å².